The molecule has 0 atom stereocenters. The summed E-state index contributed by atoms with van der Waals surface area (Å²) in [4.78, 5) is 11.3. The molecule has 5 nitrogen and oxygen atoms in total. The Labute approximate surface area is 80.3 Å². The van der Waals surface area contributed by atoms with E-state index >= 15 is 0 Å². The fourth-order valence-corrected chi connectivity index (χ4v) is 0.857. The first kappa shape index (κ1) is 9.53. The molecule has 1 aromatic heterocycles. The van der Waals surface area contributed by atoms with Crippen LogP contribution in [0.4, 0.5) is 0 Å². The van der Waals surface area contributed by atoms with Crippen LogP contribution in [-0.2, 0) is 0 Å². The molecule has 0 aliphatic heterocycles. The largest absolute Gasteiger partial charge is 0.469 e. The number of thiocarbonyl (C=S) groups is 1. The summed E-state index contributed by atoms with van der Waals surface area (Å²) >= 11 is 4.50. The number of amides is 1. The van der Waals surface area contributed by atoms with E-state index in [-0.39, 0.29) is 11.0 Å². The molecule has 0 aliphatic carbocycles. The molecule has 0 saturated carbocycles. The van der Waals surface area contributed by atoms with Crippen LogP contribution in [0.3, 0.4) is 0 Å². The van der Waals surface area contributed by atoms with E-state index in [9.17, 15) is 4.79 Å². The summed E-state index contributed by atoms with van der Waals surface area (Å²) in [5.41, 5.74) is 10.2. The van der Waals surface area contributed by atoms with Crippen LogP contribution < -0.4 is 16.6 Å². The zero-order chi connectivity index (χ0) is 9.84. The van der Waals surface area contributed by atoms with E-state index in [2.05, 4.69) is 23.1 Å². The predicted molar refractivity (Wildman–Crippen MR) is 50.8 cm³/mol. The minimum absolute atomic E-state index is 0.00879. The first-order chi connectivity index (χ1) is 6.11. The third kappa shape index (κ3) is 2.45. The minimum atomic E-state index is -0.334. The van der Waals surface area contributed by atoms with Gasteiger partial charge in [0.2, 0.25) is 0 Å². The number of carbonyl (C=O) groups excluding carboxylic acids is 1. The van der Waals surface area contributed by atoms with Gasteiger partial charge in [0.05, 0.1) is 11.8 Å². The Kier molecular flexibility index (Phi) is 2.86. The molecule has 0 bridgehead atoms. The van der Waals surface area contributed by atoms with Crippen LogP contribution in [0.25, 0.3) is 0 Å². The SMILES string of the molecule is Cc1occc1C(=O)NNC(N)=S. The lowest BCUT2D eigenvalue weighted by Gasteiger charge is -2.04. The fraction of sp³-hybridized carbons (Fsp3) is 0.143. The van der Waals surface area contributed by atoms with Crippen molar-refractivity contribution >= 4 is 23.2 Å². The molecule has 0 fully saturated rings. The molecular weight excluding hydrogens is 190 g/mol. The van der Waals surface area contributed by atoms with Crippen LogP contribution >= 0.6 is 12.2 Å². The van der Waals surface area contributed by atoms with Crippen molar-refractivity contribution in [3.05, 3.63) is 23.7 Å². The van der Waals surface area contributed by atoms with Gasteiger partial charge in [0.25, 0.3) is 5.91 Å². The molecule has 6 heteroatoms. The maximum atomic E-state index is 11.3. The minimum Gasteiger partial charge on any atom is -0.469 e. The van der Waals surface area contributed by atoms with Crippen LogP contribution in [0, 0.1) is 6.92 Å². The van der Waals surface area contributed by atoms with Crippen molar-refractivity contribution in [2.45, 2.75) is 6.92 Å². The molecule has 1 amide bonds. The van der Waals surface area contributed by atoms with E-state index < -0.39 is 0 Å². The quantitative estimate of drug-likeness (QED) is 0.440. The number of hydrogen-bond donors (Lipinski definition) is 3. The molecule has 0 aliphatic rings. The van der Waals surface area contributed by atoms with Crippen LogP contribution in [0.5, 0.6) is 0 Å². The number of furan rings is 1. The highest BCUT2D eigenvalue weighted by Crippen LogP contribution is 2.07. The molecule has 0 aromatic carbocycles. The number of carbonyl (C=O) groups is 1. The molecule has 1 aromatic rings. The number of nitrogens with two attached hydrogens (primary N) is 1. The second kappa shape index (κ2) is 3.90. The lowest BCUT2D eigenvalue weighted by molar-refractivity contribution is 0.0942. The maximum Gasteiger partial charge on any atom is 0.273 e. The van der Waals surface area contributed by atoms with Gasteiger partial charge in [-0.15, -0.1) is 0 Å². The summed E-state index contributed by atoms with van der Waals surface area (Å²) < 4.78 is 4.94. The molecule has 0 unspecified atom stereocenters. The van der Waals surface area contributed by atoms with Crippen molar-refractivity contribution in [2.24, 2.45) is 5.73 Å². The summed E-state index contributed by atoms with van der Waals surface area (Å²) in [6.07, 6.45) is 1.44. The average Bonchev–Trinajstić information content (AvgIpc) is 2.47. The predicted octanol–water partition coefficient (Wildman–Crippen LogP) is 0.0660. The zero-order valence-corrected chi connectivity index (χ0v) is 7.77. The van der Waals surface area contributed by atoms with Crippen LogP contribution in [0.2, 0.25) is 0 Å². The van der Waals surface area contributed by atoms with Crippen molar-refractivity contribution in [1.82, 2.24) is 10.9 Å². The highest BCUT2D eigenvalue weighted by atomic mass is 32.1. The summed E-state index contributed by atoms with van der Waals surface area (Å²) in [5.74, 6) is 0.210. The number of rotatable bonds is 1. The molecule has 1 rings (SSSR count). The van der Waals surface area contributed by atoms with Gasteiger partial charge in [-0.05, 0) is 25.2 Å². The summed E-state index contributed by atoms with van der Waals surface area (Å²) in [6.45, 7) is 1.69. The van der Waals surface area contributed by atoms with Gasteiger partial charge in [-0.2, -0.15) is 0 Å². The van der Waals surface area contributed by atoms with Crippen molar-refractivity contribution in [3.63, 3.8) is 0 Å². The molecule has 0 radical (unpaired) electrons. The molecule has 0 spiro atoms. The van der Waals surface area contributed by atoms with Gasteiger partial charge >= 0.3 is 0 Å². The lowest BCUT2D eigenvalue weighted by Crippen LogP contribution is -2.44. The fourth-order valence-electron chi connectivity index (χ4n) is 0.806. The standard InChI is InChI=1S/C7H9N3O2S/c1-4-5(2-3-12-4)6(11)9-10-7(8)13/h2-3H,1H3,(H,9,11)(H3,8,10,13). The Morgan fingerprint density at radius 2 is 2.31 bits per heavy atom. The normalized spacial score (nSPS) is 9.31. The first-order valence-electron chi connectivity index (χ1n) is 3.51. The van der Waals surface area contributed by atoms with Gasteiger partial charge in [0, 0.05) is 0 Å². The third-order valence-corrected chi connectivity index (χ3v) is 1.50. The molecule has 4 N–H and O–H groups in total. The van der Waals surface area contributed by atoms with Gasteiger partial charge < -0.3 is 10.2 Å². The second-order valence-corrected chi connectivity index (χ2v) is 2.77. The van der Waals surface area contributed by atoms with Gasteiger partial charge in [-0.3, -0.25) is 15.6 Å². The molecule has 0 saturated heterocycles. The Morgan fingerprint density at radius 1 is 1.62 bits per heavy atom. The molecular formula is C7H9N3O2S. The van der Waals surface area contributed by atoms with E-state index in [4.69, 9.17) is 10.2 Å². The summed E-state index contributed by atoms with van der Waals surface area (Å²) in [7, 11) is 0. The van der Waals surface area contributed by atoms with E-state index in [1.807, 2.05) is 0 Å². The van der Waals surface area contributed by atoms with E-state index in [1.54, 1.807) is 13.0 Å². The van der Waals surface area contributed by atoms with Gasteiger partial charge in [-0.25, -0.2) is 0 Å². The monoisotopic (exact) mass is 199 g/mol. The molecule has 1 heterocycles. The van der Waals surface area contributed by atoms with Gasteiger partial charge in [0.1, 0.15) is 5.76 Å². The van der Waals surface area contributed by atoms with Gasteiger partial charge in [-0.1, -0.05) is 0 Å². The molecule has 13 heavy (non-hydrogen) atoms. The highest BCUT2D eigenvalue weighted by molar-refractivity contribution is 7.80. The van der Waals surface area contributed by atoms with Crippen molar-refractivity contribution in [2.75, 3.05) is 0 Å². The number of aryl methyl sites for hydroxylation is 1. The Morgan fingerprint density at radius 3 is 2.77 bits per heavy atom. The summed E-state index contributed by atoms with van der Waals surface area (Å²) in [6, 6.07) is 1.56. The van der Waals surface area contributed by atoms with Crippen molar-refractivity contribution in [3.8, 4) is 0 Å². The van der Waals surface area contributed by atoms with Gasteiger partial charge in [0.15, 0.2) is 5.11 Å². The van der Waals surface area contributed by atoms with E-state index in [0.29, 0.717) is 11.3 Å². The van der Waals surface area contributed by atoms with E-state index in [1.165, 1.54) is 6.26 Å². The van der Waals surface area contributed by atoms with Crippen molar-refractivity contribution < 1.29 is 9.21 Å². The molecule has 70 valence electrons. The van der Waals surface area contributed by atoms with Crippen LogP contribution in [0.15, 0.2) is 16.7 Å². The lowest BCUT2D eigenvalue weighted by atomic mass is 10.2. The number of nitrogens with one attached hydrogen (secondary N) is 2. The van der Waals surface area contributed by atoms with E-state index in [0.717, 1.165) is 0 Å². The highest BCUT2D eigenvalue weighted by Gasteiger charge is 2.10. The average molecular weight is 199 g/mol. The third-order valence-electron chi connectivity index (χ3n) is 1.40. The zero-order valence-electron chi connectivity index (χ0n) is 6.96. The maximum absolute atomic E-state index is 11.3. The van der Waals surface area contributed by atoms with Crippen LogP contribution in [0.1, 0.15) is 16.1 Å². The number of hydrogen-bond acceptors (Lipinski definition) is 3. The smallest absolute Gasteiger partial charge is 0.273 e. The Bertz CT molecular complexity index is 334. The second-order valence-electron chi connectivity index (χ2n) is 2.33. The Balaban J connectivity index is 2.59. The number of hydrazine groups is 1. The summed E-state index contributed by atoms with van der Waals surface area (Å²) in [5, 5.41) is 0.00879. The van der Waals surface area contributed by atoms with Crippen molar-refractivity contribution in [1.29, 1.82) is 0 Å². The first-order valence-corrected chi connectivity index (χ1v) is 3.92. The Hall–Kier alpha value is -1.56. The topological polar surface area (TPSA) is 80.3 Å². The van der Waals surface area contributed by atoms with Crippen LogP contribution in [-0.4, -0.2) is 11.0 Å².